The molecule has 1 aromatic carbocycles. The minimum Gasteiger partial charge on any atom is -0.496 e. The van der Waals surface area contributed by atoms with E-state index in [2.05, 4.69) is 4.98 Å². The van der Waals surface area contributed by atoms with Crippen molar-refractivity contribution in [3.05, 3.63) is 53.5 Å². The zero-order valence-electron chi connectivity index (χ0n) is 11.2. The van der Waals surface area contributed by atoms with Crippen LogP contribution in [0.15, 0.2) is 36.5 Å². The number of carbonyl (C=O) groups is 2. The van der Waals surface area contributed by atoms with Gasteiger partial charge in [-0.05, 0) is 23.8 Å². The van der Waals surface area contributed by atoms with E-state index in [9.17, 15) is 14.0 Å². The van der Waals surface area contributed by atoms with E-state index >= 15 is 0 Å². The molecule has 0 fully saturated rings. The lowest BCUT2D eigenvalue weighted by molar-refractivity contribution is -0.114. The van der Waals surface area contributed by atoms with Gasteiger partial charge in [0.2, 0.25) is 0 Å². The predicted octanol–water partition coefficient (Wildman–Crippen LogP) is 1.96. The van der Waals surface area contributed by atoms with Gasteiger partial charge in [-0.3, -0.25) is 14.5 Å². The maximum atomic E-state index is 12.9. The van der Waals surface area contributed by atoms with Crippen molar-refractivity contribution in [1.82, 2.24) is 4.98 Å². The number of Topliss-reactive ketones (excluding diaryl/α,β-unsaturated/α-hetero) is 1. The molecule has 0 bridgehead atoms. The molecule has 0 unspecified atom stereocenters. The molecular formula is C15H11FN2O3. The Morgan fingerprint density at radius 2 is 1.90 bits per heavy atom. The molecule has 1 amide bonds. The summed E-state index contributed by atoms with van der Waals surface area (Å²) in [5, 5.41) is 0. The number of amides is 1. The van der Waals surface area contributed by atoms with Gasteiger partial charge in [-0.1, -0.05) is 12.1 Å². The van der Waals surface area contributed by atoms with Crippen LogP contribution in [0.25, 0.3) is 0 Å². The number of benzene rings is 1. The highest BCUT2D eigenvalue weighted by molar-refractivity contribution is 6.52. The molecule has 0 saturated heterocycles. The molecule has 1 aliphatic rings. The van der Waals surface area contributed by atoms with Gasteiger partial charge >= 0.3 is 5.91 Å². The van der Waals surface area contributed by atoms with Gasteiger partial charge in [-0.25, -0.2) is 9.37 Å². The van der Waals surface area contributed by atoms with Crippen LogP contribution < -0.4 is 9.64 Å². The van der Waals surface area contributed by atoms with Gasteiger partial charge in [0.05, 0.1) is 13.7 Å². The highest BCUT2D eigenvalue weighted by Crippen LogP contribution is 2.34. The Kier molecular flexibility index (Phi) is 3.13. The van der Waals surface area contributed by atoms with Gasteiger partial charge in [0.25, 0.3) is 5.78 Å². The van der Waals surface area contributed by atoms with Crippen LogP contribution in [0.2, 0.25) is 0 Å². The van der Waals surface area contributed by atoms with Gasteiger partial charge < -0.3 is 4.74 Å². The summed E-state index contributed by atoms with van der Waals surface area (Å²) >= 11 is 0. The Labute approximate surface area is 120 Å². The normalized spacial score (nSPS) is 13.5. The summed E-state index contributed by atoms with van der Waals surface area (Å²) in [5.41, 5.74) is 0.877. The van der Waals surface area contributed by atoms with E-state index in [0.29, 0.717) is 11.3 Å². The summed E-state index contributed by atoms with van der Waals surface area (Å²) in [6.45, 7) is 0.151. The highest BCUT2D eigenvalue weighted by Gasteiger charge is 2.39. The fourth-order valence-corrected chi connectivity index (χ4v) is 2.27. The van der Waals surface area contributed by atoms with Crippen LogP contribution >= 0.6 is 0 Å². The van der Waals surface area contributed by atoms with Crippen molar-refractivity contribution in [3.63, 3.8) is 0 Å². The van der Waals surface area contributed by atoms with Gasteiger partial charge in [-0.15, -0.1) is 0 Å². The first-order valence-electron chi connectivity index (χ1n) is 6.25. The van der Waals surface area contributed by atoms with E-state index < -0.39 is 11.7 Å². The van der Waals surface area contributed by atoms with Crippen molar-refractivity contribution < 1.29 is 18.7 Å². The summed E-state index contributed by atoms with van der Waals surface area (Å²) < 4.78 is 18.0. The number of hydrogen-bond donors (Lipinski definition) is 0. The van der Waals surface area contributed by atoms with E-state index in [1.807, 2.05) is 0 Å². The molecule has 21 heavy (non-hydrogen) atoms. The maximum Gasteiger partial charge on any atom is 0.301 e. The second-order valence-electron chi connectivity index (χ2n) is 4.56. The van der Waals surface area contributed by atoms with Crippen LogP contribution in [-0.2, 0) is 11.3 Å². The summed E-state index contributed by atoms with van der Waals surface area (Å²) in [7, 11) is 1.43. The number of ether oxygens (including phenoxy) is 1. The number of ketones is 1. The number of halogens is 1. The summed E-state index contributed by atoms with van der Waals surface area (Å²) in [5.74, 6) is -1.07. The number of rotatable bonds is 3. The Bertz CT molecular complexity index is 728. The standard InChI is InChI=1S/C15H11FN2O3/c1-21-11-6-7-17-14-12(11)13(19)15(20)18(14)8-9-2-4-10(16)5-3-9/h2-7H,8H2,1H3. The first kappa shape index (κ1) is 13.2. The Balaban J connectivity index is 2.00. The third-order valence-electron chi connectivity index (χ3n) is 3.29. The van der Waals surface area contributed by atoms with Crippen LogP contribution in [0.1, 0.15) is 15.9 Å². The van der Waals surface area contributed by atoms with Gasteiger partial charge in [-0.2, -0.15) is 0 Å². The molecule has 0 saturated carbocycles. The van der Waals surface area contributed by atoms with E-state index in [0.717, 1.165) is 0 Å². The van der Waals surface area contributed by atoms with Crippen LogP contribution in [0.5, 0.6) is 5.75 Å². The van der Waals surface area contributed by atoms with Crippen LogP contribution in [-0.4, -0.2) is 23.8 Å². The number of aromatic nitrogens is 1. The van der Waals surface area contributed by atoms with Gasteiger partial charge in [0, 0.05) is 6.20 Å². The quantitative estimate of drug-likeness (QED) is 0.809. The monoisotopic (exact) mass is 286 g/mol. The molecule has 6 heteroatoms. The second kappa shape index (κ2) is 4.97. The first-order valence-corrected chi connectivity index (χ1v) is 6.25. The van der Waals surface area contributed by atoms with Crippen LogP contribution in [0.3, 0.4) is 0 Å². The van der Waals surface area contributed by atoms with Crippen molar-refractivity contribution in [3.8, 4) is 5.75 Å². The predicted molar refractivity (Wildman–Crippen MR) is 72.7 cm³/mol. The number of carbonyl (C=O) groups excluding carboxylic acids is 2. The maximum absolute atomic E-state index is 12.9. The fourth-order valence-electron chi connectivity index (χ4n) is 2.27. The smallest absolute Gasteiger partial charge is 0.301 e. The minimum absolute atomic E-state index is 0.151. The van der Waals surface area contributed by atoms with Gasteiger partial charge in [0.1, 0.15) is 17.1 Å². The van der Waals surface area contributed by atoms with Crippen molar-refractivity contribution in [2.75, 3.05) is 12.0 Å². The van der Waals surface area contributed by atoms with Crippen molar-refractivity contribution in [2.24, 2.45) is 0 Å². The Morgan fingerprint density at radius 3 is 2.57 bits per heavy atom. The van der Waals surface area contributed by atoms with Crippen LogP contribution in [0, 0.1) is 5.82 Å². The number of anilines is 1. The molecule has 2 aromatic rings. The topological polar surface area (TPSA) is 59.5 Å². The lowest BCUT2D eigenvalue weighted by atomic mass is 10.2. The number of nitrogens with zero attached hydrogens (tertiary/aromatic N) is 2. The summed E-state index contributed by atoms with van der Waals surface area (Å²) in [4.78, 5) is 29.5. The second-order valence-corrected chi connectivity index (χ2v) is 4.56. The summed E-state index contributed by atoms with van der Waals surface area (Å²) in [6.07, 6.45) is 1.47. The number of hydrogen-bond acceptors (Lipinski definition) is 4. The largest absolute Gasteiger partial charge is 0.496 e. The number of methoxy groups -OCH3 is 1. The molecule has 0 radical (unpaired) electrons. The number of pyridine rings is 1. The van der Waals surface area contributed by atoms with E-state index in [4.69, 9.17) is 4.74 Å². The van der Waals surface area contributed by atoms with Crippen LogP contribution in [0.4, 0.5) is 10.2 Å². The van der Waals surface area contributed by atoms with Crippen molar-refractivity contribution >= 4 is 17.5 Å². The fraction of sp³-hybridized carbons (Fsp3) is 0.133. The minimum atomic E-state index is -0.661. The molecule has 0 spiro atoms. The molecule has 5 nitrogen and oxygen atoms in total. The average Bonchev–Trinajstić information content (AvgIpc) is 2.74. The van der Waals surface area contributed by atoms with Crippen molar-refractivity contribution in [1.29, 1.82) is 0 Å². The molecule has 1 aliphatic heterocycles. The molecule has 0 atom stereocenters. The highest BCUT2D eigenvalue weighted by atomic mass is 19.1. The lowest BCUT2D eigenvalue weighted by Crippen LogP contribution is -2.29. The number of fused-ring (bicyclic) bond motifs is 1. The SMILES string of the molecule is COc1ccnc2c1C(=O)C(=O)N2Cc1ccc(F)cc1. The third kappa shape index (κ3) is 2.14. The zero-order chi connectivity index (χ0) is 15.0. The molecule has 0 N–H and O–H groups in total. The lowest BCUT2D eigenvalue weighted by Gasteiger charge is -2.15. The zero-order valence-corrected chi connectivity index (χ0v) is 11.2. The van der Waals surface area contributed by atoms with E-state index in [-0.39, 0.29) is 23.7 Å². The average molecular weight is 286 g/mol. The van der Waals surface area contributed by atoms with E-state index in [1.165, 1.54) is 36.4 Å². The summed E-state index contributed by atoms with van der Waals surface area (Å²) in [6, 6.07) is 7.26. The molecule has 3 rings (SSSR count). The third-order valence-corrected chi connectivity index (χ3v) is 3.29. The van der Waals surface area contributed by atoms with Crippen molar-refractivity contribution in [2.45, 2.75) is 6.54 Å². The Hall–Kier alpha value is -2.76. The van der Waals surface area contributed by atoms with Gasteiger partial charge in [0.15, 0.2) is 5.82 Å². The molecule has 1 aromatic heterocycles. The van der Waals surface area contributed by atoms with E-state index in [1.54, 1.807) is 12.1 Å². The molecular weight excluding hydrogens is 275 g/mol. The first-order chi connectivity index (χ1) is 10.1. The Morgan fingerprint density at radius 1 is 1.19 bits per heavy atom. The molecule has 2 heterocycles. The molecule has 106 valence electrons. The molecule has 0 aliphatic carbocycles.